The first-order valence-electron chi connectivity index (χ1n) is 7.83. The molecule has 0 aliphatic heterocycles. The van der Waals surface area contributed by atoms with Crippen LogP contribution in [0.1, 0.15) is 59.1 Å². The maximum Gasteiger partial charge on any atom is 0.131 e. The van der Waals surface area contributed by atoms with Crippen molar-refractivity contribution in [2.24, 2.45) is 11.3 Å². The van der Waals surface area contributed by atoms with E-state index in [0.29, 0.717) is 17.1 Å². The zero-order valence-electron chi connectivity index (χ0n) is 14.3. The molecule has 2 nitrogen and oxygen atoms in total. The van der Waals surface area contributed by atoms with Gasteiger partial charge in [-0.1, -0.05) is 40.7 Å². The maximum absolute atomic E-state index is 14.3. The summed E-state index contributed by atoms with van der Waals surface area (Å²) in [4.78, 5) is 0. The topological polar surface area (TPSA) is 21.3 Å². The van der Waals surface area contributed by atoms with Crippen LogP contribution in [-0.4, -0.2) is 13.7 Å². The molecule has 120 valence electrons. The van der Waals surface area contributed by atoms with E-state index in [-0.39, 0.29) is 11.9 Å². The van der Waals surface area contributed by atoms with E-state index in [1.165, 1.54) is 6.07 Å². The standard InChI is InChI=1S/C18H30FNO/c1-7-20-17(10-13(2)12-18(3,4)5)15-9-8-14(21-6)11-16(15)19/h8-9,11,13,17,20H,7,10,12H2,1-6H3. The fourth-order valence-electron chi connectivity index (χ4n) is 3.02. The quantitative estimate of drug-likeness (QED) is 0.768. The van der Waals surface area contributed by atoms with Gasteiger partial charge >= 0.3 is 0 Å². The summed E-state index contributed by atoms with van der Waals surface area (Å²) in [5, 5.41) is 3.41. The van der Waals surface area contributed by atoms with Crippen molar-refractivity contribution in [2.75, 3.05) is 13.7 Å². The average molecular weight is 295 g/mol. The first kappa shape index (κ1) is 18.0. The molecule has 0 heterocycles. The minimum Gasteiger partial charge on any atom is -0.497 e. The Labute approximate surface area is 129 Å². The molecular formula is C18H30FNO. The van der Waals surface area contributed by atoms with Gasteiger partial charge in [0.25, 0.3) is 0 Å². The van der Waals surface area contributed by atoms with Crippen molar-refractivity contribution < 1.29 is 9.13 Å². The molecule has 0 bridgehead atoms. The molecule has 0 saturated heterocycles. The Morgan fingerprint density at radius 3 is 2.43 bits per heavy atom. The predicted molar refractivity (Wildman–Crippen MR) is 87.2 cm³/mol. The first-order chi connectivity index (χ1) is 9.76. The van der Waals surface area contributed by atoms with Gasteiger partial charge in [0.2, 0.25) is 0 Å². The van der Waals surface area contributed by atoms with E-state index in [1.54, 1.807) is 7.11 Å². The van der Waals surface area contributed by atoms with Crippen LogP contribution >= 0.6 is 0 Å². The van der Waals surface area contributed by atoms with Gasteiger partial charge in [-0.15, -0.1) is 0 Å². The van der Waals surface area contributed by atoms with Gasteiger partial charge < -0.3 is 10.1 Å². The summed E-state index contributed by atoms with van der Waals surface area (Å²) >= 11 is 0. The number of hydrogen-bond acceptors (Lipinski definition) is 2. The van der Waals surface area contributed by atoms with Crippen LogP contribution < -0.4 is 10.1 Å². The van der Waals surface area contributed by atoms with E-state index in [1.807, 2.05) is 12.1 Å². The molecule has 0 spiro atoms. The minimum atomic E-state index is -0.191. The van der Waals surface area contributed by atoms with Gasteiger partial charge in [0.05, 0.1) is 7.11 Å². The van der Waals surface area contributed by atoms with Gasteiger partial charge in [-0.2, -0.15) is 0 Å². The highest BCUT2D eigenvalue weighted by molar-refractivity contribution is 5.30. The Morgan fingerprint density at radius 1 is 1.29 bits per heavy atom. The molecular weight excluding hydrogens is 265 g/mol. The van der Waals surface area contributed by atoms with Gasteiger partial charge in [0.15, 0.2) is 0 Å². The zero-order valence-corrected chi connectivity index (χ0v) is 14.3. The number of methoxy groups -OCH3 is 1. The number of rotatable bonds is 7. The highest BCUT2D eigenvalue weighted by atomic mass is 19.1. The van der Waals surface area contributed by atoms with Crippen LogP contribution in [0.15, 0.2) is 18.2 Å². The summed E-state index contributed by atoms with van der Waals surface area (Å²) in [5.41, 5.74) is 1.03. The van der Waals surface area contributed by atoms with E-state index >= 15 is 0 Å². The van der Waals surface area contributed by atoms with Crippen molar-refractivity contribution in [1.29, 1.82) is 0 Å². The molecule has 3 heteroatoms. The van der Waals surface area contributed by atoms with Crippen LogP contribution in [0.5, 0.6) is 5.75 Å². The normalized spacial score (nSPS) is 14.8. The smallest absolute Gasteiger partial charge is 0.131 e. The predicted octanol–water partition coefficient (Wildman–Crippen LogP) is 4.95. The van der Waals surface area contributed by atoms with Gasteiger partial charge in [0, 0.05) is 17.7 Å². The monoisotopic (exact) mass is 295 g/mol. The lowest BCUT2D eigenvalue weighted by atomic mass is 9.82. The maximum atomic E-state index is 14.3. The van der Waals surface area contributed by atoms with Crippen LogP contribution in [0.4, 0.5) is 4.39 Å². The first-order valence-corrected chi connectivity index (χ1v) is 7.83. The Kier molecular flexibility index (Phi) is 6.66. The van der Waals surface area contributed by atoms with Crippen LogP contribution in [0.2, 0.25) is 0 Å². The molecule has 0 saturated carbocycles. The highest BCUT2D eigenvalue weighted by Crippen LogP contribution is 2.32. The summed E-state index contributed by atoms with van der Waals surface area (Å²) in [7, 11) is 1.56. The molecule has 2 unspecified atom stereocenters. The number of halogens is 1. The van der Waals surface area contributed by atoms with Gasteiger partial charge in [-0.3, -0.25) is 0 Å². The van der Waals surface area contributed by atoms with Crippen molar-refractivity contribution in [3.63, 3.8) is 0 Å². The zero-order chi connectivity index (χ0) is 16.0. The molecule has 0 fully saturated rings. The Bertz CT molecular complexity index is 439. The van der Waals surface area contributed by atoms with Crippen LogP contribution in [0.25, 0.3) is 0 Å². The number of hydrogen-bond donors (Lipinski definition) is 1. The molecule has 1 aromatic rings. The van der Waals surface area contributed by atoms with Gasteiger partial charge in [0.1, 0.15) is 11.6 Å². The number of ether oxygens (including phenoxy) is 1. The van der Waals surface area contributed by atoms with E-state index in [0.717, 1.165) is 24.9 Å². The minimum absolute atomic E-state index is 0.0539. The molecule has 1 aromatic carbocycles. The van der Waals surface area contributed by atoms with Crippen LogP contribution in [-0.2, 0) is 0 Å². The fraction of sp³-hybridized carbons (Fsp3) is 0.667. The molecule has 0 amide bonds. The van der Waals surface area contributed by atoms with Crippen molar-refractivity contribution in [3.05, 3.63) is 29.6 Å². The Morgan fingerprint density at radius 2 is 1.95 bits per heavy atom. The van der Waals surface area contributed by atoms with Crippen LogP contribution in [0, 0.1) is 17.2 Å². The molecule has 0 aliphatic rings. The average Bonchev–Trinajstić information content (AvgIpc) is 2.35. The second-order valence-corrected chi connectivity index (χ2v) is 7.10. The molecule has 2 atom stereocenters. The summed E-state index contributed by atoms with van der Waals surface area (Å²) < 4.78 is 19.4. The fourth-order valence-corrected chi connectivity index (χ4v) is 3.02. The van der Waals surface area contributed by atoms with E-state index < -0.39 is 0 Å². The summed E-state index contributed by atoms with van der Waals surface area (Å²) in [6, 6.07) is 5.19. The van der Waals surface area contributed by atoms with Crippen molar-refractivity contribution in [3.8, 4) is 5.75 Å². The third-order valence-corrected chi connectivity index (χ3v) is 3.63. The lowest BCUT2D eigenvalue weighted by Crippen LogP contribution is -2.25. The lowest BCUT2D eigenvalue weighted by molar-refractivity contribution is 0.275. The highest BCUT2D eigenvalue weighted by Gasteiger charge is 2.21. The van der Waals surface area contributed by atoms with E-state index in [9.17, 15) is 4.39 Å². The second-order valence-electron chi connectivity index (χ2n) is 7.10. The van der Waals surface area contributed by atoms with Crippen molar-refractivity contribution >= 4 is 0 Å². The lowest BCUT2D eigenvalue weighted by Gasteiger charge is -2.27. The van der Waals surface area contributed by atoms with Crippen LogP contribution in [0.3, 0.4) is 0 Å². The molecule has 0 radical (unpaired) electrons. The number of nitrogens with one attached hydrogen (secondary N) is 1. The second kappa shape index (κ2) is 7.79. The largest absolute Gasteiger partial charge is 0.497 e. The molecule has 21 heavy (non-hydrogen) atoms. The summed E-state index contributed by atoms with van der Waals surface area (Å²) in [5.74, 6) is 0.910. The summed E-state index contributed by atoms with van der Waals surface area (Å²) in [6.07, 6.45) is 2.07. The molecule has 1 rings (SSSR count). The SMILES string of the molecule is CCNC(CC(C)CC(C)(C)C)c1ccc(OC)cc1F. The Balaban J connectivity index is 2.86. The molecule has 0 aliphatic carbocycles. The molecule has 0 aromatic heterocycles. The van der Waals surface area contributed by atoms with Gasteiger partial charge in [-0.05, 0) is 36.8 Å². The summed E-state index contributed by atoms with van der Waals surface area (Å²) in [6.45, 7) is 11.9. The van der Waals surface area contributed by atoms with Crippen molar-refractivity contribution in [2.45, 2.75) is 53.5 Å². The Hall–Kier alpha value is -1.09. The van der Waals surface area contributed by atoms with E-state index in [2.05, 4.69) is 39.9 Å². The third kappa shape index (κ3) is 6.04. The van der Waals surface area contributed by atoms with E-state index in [4.69, 9.17) is 4.74 Å². The van der Waals surface area contributed by atoms with Gasteiger partial charge in [-0.25, -0.2) is 4.39 Å². The molecule has 1 N–H and O–H groups in total. The number of benzene rings is 1. The van der Waals surface area contributed by atoms with Crippen molar-refractivity contribution in [1.82, 2.24) is 5.32 Å². The third-order valence-electron chi connectivity index (χ3n) is 3.63.